The molecule has 0 fully saturated rings. The van der Waals surface area contributed by atoms with Gasteiger partial charge in [-0.05, 0) is 42.2 Å². The number of nitrogens with one attached hydrogen (secondary N) is 1. The van der Waals surface area contributed by atoms with E-state index in [4.69, 9.17) is 16.3 Å². The number of aryl methyl sites for hydroxylation is 1. The van der Waals surface area contributed by atoms with Gasteiger partial charge in [-0.1, -0.05) is 44.0 Å². The molecule has 22 heavy (non-hydrogen) atoms. The molecule has 4 heteroatoms. The van der Waals surface area contributed by atoms with Gasteiger partial charge in [-0.2, -0.15) is 0 Å². The first-order valence-corrected chi connectivity index (χ1v) is 7.70. The van der Waals surface area contributed by atoms with Crippen molar-refractivity contribution in [3.8, 4) is 11.5 Å². The molecule has 1 aliphatic rings. The summed E-state index contributed by atoms with van der Waals surface area (Å²) in [6, 6.07) is 9.44. The molecule has 1 heterocycles. The Balaban J connectivity index is 2.02. The van der Waals surface area contributed by atoms with Crippen molar-refractivity contribution in [1.29, 1.82) is 0 Å². The molecule has 116 valence electrons. The van der Waals surface area contributed by atoms with Gasteiger partial charge in [0.05, 0.1) is 11.3 Å². The largest absolute Gasteiger partial charge is 0.507 e. The van der Waals surface area contributed by atoms with Crippen LogP contribution in [0.3, 0.4) is 0 Å². The predicted octanol–water partition coefficient (Wildman–Crippen LogP) is 5.15. The maximum absolute atomic E-state index is 10.7. The van der Waals surface area contributed by atoms with Crippen LogP contribution in [0.1, 0.15) is 43.7 Å². The second-order valence-electron chi connectivity index (χ2n) is 6.78. The van der Waals surface area contributed by atoms with Crippen molar-refractivity contribution < 1.29 is 9.84 Å². The Hall–Kier alpha value is -1.87. The van der Waals surface area contributed by atoms with E-state index in [1.807, 2.05) is 31.2 Å². The zero-order chi connectivity index (χ0) is 16.1. The van der Waals surface area contributed by atoms with E-state index in [0.29, 0.717) is 5.02 Å². The van der Waals surface area contributed by atoms with Crippen molar-refractivity contribution in [1.82, 2.24) is 0 Å². The second-order valence-corrected chi connectivity index (χ2v) is 7.22. The molecule has 2 aromatic carbocycles. The Bertz CT molecular complexity index is 735. The van der Waals surface area contributed by atoms with E-state index in [1.54, 1.807) is 6.07 Å². The van der Waals surface area contributed by atoms with Crippen LogP contribution >= 0.6 is 11.6 Å². The van der Waals surface area contributed by atoms with Crippen molar-refractivity contribution in [3.63, 3.8) is 0 Å². The number of phenols is 1. The minimum absolute atomic E-state index is 0.139. The summed E-state index contributed by atoms with van der Waals surface area (Å²) in [7, 11) is 0. The lowest BCUT2D eigenvalue weighted by Crippen LogP contribution is -2.16. The third-order valence-electron chi connectivity index (χ3n) is 3.85. The van der Waals surface area contributed by atoms with Crippen LogP contribution in [-0.2, 0) is 5.41 Å². The number of rotatable bonds is 1. The Morgan fingerprint density at radius 1 is 1.18 bits per heavy atom. The molecule has 0 aromatic heterocycles. The van der Waals surface area contributed by atoms with Gasteiger partial charge in [0, 0.05) is 5.02 Å². The summed E-state index contributed by atoms with van der Waals surface area (Å²) in [5.41, 5.74) is 3.46. The summed E-state index contributed by atoms with van der Waals surface area (Å²) in [6.45, 7) is 8.28. The topological polar surface area (TPSA) is 41.5 Å². The number of halogens is 1. The molecule has 2 aromatic rings. The summed E-state index contributed by atoms with van der Waals surface area (Å²) in [5.74, 6) is 1.03. The average molecular weight is 318 g/mol. The van der Waals surface area contributed by atoms with Gasteiger partial charge in [-0.25, -0.2) is 0 Å². The third kappa shape index (κ3) is 2.61. The maximum Gasteiger partial charge on any atom is 0.200 e. The summed E-state index contributed by atoms with van der Waals surface area (Å²) in [6.07, 6.45) is -0.408. The van der Waals surface area contributed by atoms with Crippen molar-refractivity contribution in [3.05, 3.63) is 52.0 Å². The van der Waals surface area contributed by atoms with Crippen LogP contribution in [0.5, 0.6) is 11.5 Å². The van der Waals surface area contributed by atoms with Gasteiger partial charge in [-0.3, -0.25) is 0 Å². The van der Waals surface area contributed by atoms with Crippen molar-refractivity contribution in [2.45, 2.75) is 39.3 Å². The Morgan fingerprint density at radius 3 is 2.59 bits per heavy atom. The SMILES string of the molecule is Cc1cc(C2Nc3cc(Cl)ccc3O2)c(O)c(C(C)(C)C)c1. The first-order chi connectivity index (χ1) is 10.3. The summed E-state index contributed by atoms with van der Waals surface area (Å²) >= 11 is 6.01. The fraction of sp³-hybridized carbons (Fsp3) is 0.333. The zero-order valence-electron chi connectivity index (χ0n) is 13.2. The number of hydrogen-bond acceptors (Lipinski definition) is 3. The Morgan fingerprint density at radius 2 is 1.91 bits per heavy atom. The number of phenolic OH excluding ortho intramolecular Hbond substituents is 1. The lowest BCUT2D eigenvalue weighted by atomic mass is 9.84. The van der Waals surface area contributed by atoms with Crippen LogP contribution in [0.4, 0.5) is 5.69 Å². The van der Waals surface area contributed by atoms with Crippen LogP contribution in [0, 0.1) is 6.92 Å². The van der Waals surface area contributed by atoms with E-state index in [-0.39, 0.29) is 11.2 Å². The molecule has 1 aliphatic heterocycles. The van der Waals surface area contributed by atoms with Crippen LogP contribution in [0.15, 0.2) is 30.3 Å². The van der Waals surface area contributed by atoms with Gasteiger partial charge in [0.2, 0.25) is 0 Å². The summed E-state index contributed by atoms with van der Waals surface area (Å²) in [5, 5.41) is 14.6. The van der Waals surface area contributed by atoms with Crippen molar-refractivity contribution in [2.75, 3.05) is 5.32 Å². The molecule has 0 spiro atoms. The fourth-order valence-electron chi connectivity index (χ4n) is 2.74. The van der Waals surface area contributed by atoms with Gasteiger partial charge in [0.15, 0.2) is 6.23 Å². The Kier molecular flexibility index (Phi) is 3.48. The summed E-state index contributed by atoms with van der Waals surface area (Å²) in [4.78, 5) is 0. The van der Waals surface area contributed by atoms with Gasteiger partial charge in [0.25, 0.3) is 0 Å². The molecule has 3 rings (SSSR count). The van der Waals surface area contributed by atoms with E-state index >= 15 is 0 Å². The lowest BCUT2D eigenvalue weighted by molar-refractivity contribution is 0.252. The standard InChI is InChI=1S/C18H20ClNO2/c1-10-7-12(16(21)13(8-10)18(2,3)4)17-20-14-9-11(19)5-6-15(14)22-17/h5-9,17,20-21H,1-4H3. The molecular weight excluding hydrogens is 298 g/mol. The van der Waals surface area contributed by atoms with Crippen LogP contribution in [0.25, 0.3) is 0 Å². The first kappa shape index (κ1) is 15.0. The van der Waals surface area contributed by atoms with Crippen LogP contribution in [0.2, 0.25) is 5.02 Å². The van der Waals surface area contributed by atoms with Gasteiger partial charge < -0.3 is 15.2 Å². The number of fused-ring (bicyclic) bond motifs is 1. The lowest BCUT2D eigenvalue weighted by Gasteiger charge is -2.24. The highest BCUT2D eigenvalue weighted by atomic mass is 35.5. The van der Waals surface area contributed by atoms with Gasteiger partial charge in [0.1, 0.15) is 11.5 Å². The molecule has 0 aliphatic carbocycles. The van der Waals surface area contributed by atoms with E-state index in [0.717, 1.165) is 28.1 Å². The number of hydrogen-bond donors (Lipinski definition) is 2. The van der Waals surface area contributed by atoms with Crippen molar-refractivity contribution in [2.24, 2.45) is 0 Å². The van der Waals surface area contributed by atoms with E-state index in [2.05, 4.69) is 26.1 Å². The number of anilines is 1. The molecule has 2 N–H and O–H groups in total. The van der Waals surface area contributed by atoms with E-state index in [9.17, 15) is 5.11 Å². The monoisotopic (exact) mass is 317 g/mol. The third-order valence-corrected chi connectivity index (χ3v) is 4.08. The minimum Gasteiger partial charge on any atom is -0.507 e. The molecule has 0 bridgehead atoms. The molecule has 0 amide bonds. The molecule has 0 radical (unpaired) electrons. The van der Waals surface area contributed by atoms with E-state index < -0.39 is 6.23 Å². The van der Waals surface area contributed by atoms with Crippen molar-refractivity contribution >= 4 is 17.3 Å². The quantitative estimate of drug-likeness (QED) is 0.763. The highest BCUT2D eigenvalue weighted by molar-refractivity contribution is 6.30. The normalized spacial score (nSPS) is 16.9. The minimum atomic E-state index is -0.408. The van der Waals surface area contributed by atoms with Crippen LogP contribution in [-0.4, -0.2) is 5.11 Å². The zero-order valence-corrected chi connectivity index (χ0v) is 14.0. The first-order valence-electron chi connectivity index (χ1n) is 7.32. The predicted molar refractivity (Wildman–Crippen MR) is 90.0 cm³/mol. The molecular formula is C18H20ClNO2. The van der Waals surface area contributed by atoms with E-state index in [1.165, 1.54) is 0 Å². The smallest absolute Gasteiger partial charge is 0.200 e. The fourth-order valence-corrected chi connectivity index (χ4v) is 2.91. The molecule has 0 saturated carbocycles. The van der Waals surface area contributed by atoms with Gasteiger partial charge in [-0.15, -0.1) is 0 Å². The second kappa shape index (κ2) is 5.10. The number of aromatic hydroxyl groups is 1. The highest BCUT2D eigenvalue weighted by Crippen LogP contribution is 2.44. The highest BCUT2D eigenvalue weighted by Gasteiger charge is 2.29. The molecule has 3 nitrogen and oxygen atoms in total. The maximum atomic E-state index is 10.7. The number of ether oxygens (including phenoxy) is 1. The average Bonchev–Trinajstić information content (AvgIpc) is 2.82. The molecule has 1 unspecified atom stereocenters. The molecule has 1 atom stereocenters. The van der Waals surface area contributed by atoms with Gasteiger partial charge >= 0.3 is 0 Å². The van der Waals surface area contributed by atoms with Crippen LogP contribution < -0.4 is 10.1 Å². The summed E-state index contributed by atoms with van der Waals surface area (Å²) < 4.78 is 5.92. The number of benzene rings is 2. The Labute approximate surface area is 135 Å². The molecule has 0 saturated heterocycles.